The second-order valence-corrected chi connectivity index (χ2v) is 9.03. The summed E-state index contributed by atoms with van der Waals surface area (Å²) in [6.07, 6.45) is 2.37. The van der Waals surface area contributed by atoms with Gasteiger partial charge in [-0.1, -0.05) is 17.7 Å². The van der Waals surface area contributed by atoms with Gasteiger partial charge in [-0.3, -0.25) is 9.52 Å². The van der Waals surface area contributed by atoms with E-state index in [2.05, 4.69) is 4.72 Å². The maximum Gasteiger partial charge on any atom is 0.271 e. The van der Waals surface area contributed by atoms with E-state index in [0.717, 1.165) is 47.7 Å². The van der Waals surface area contributed by atoms with E-state index in [1.165, 1.54) is 0 Å². The van der Waals surface area contributed by atoms with Crippen LogP contribution in [0.3, 0.4) is 0 Å². The van der Waals surface area contributed by atoms with Gasteiger partial charge in [-0.15, -0.1) is 11.3 Å². The third kappa shape index (κ3) is 3.96. The molecule has 128 valence electrons. The largest absolute Gasteiger partial charge is 0.342 e. The van der Waals surface area contributed by atoms with Crippen LogP contribution in [0.4, 0.5) is 5.69 Å². The summed E-state index contributed by atoms with van der Waals surface area (Å²) in [5.74, 6) is 0.0739. The average molecular weight is 364 g/mol. The van der Waals surface area contributed by atoms with E-state index in [4.69, 9.17) is 0 Å². The highest BCUT2D eigenvalue weighted by atomic mass is 32.2. The minimum absolute atomic E-state index is 0.0739. The van der Waals surface area contributed by atoms with Crippen molar-refractivity contribution in [2.24, 2.45) is 0 Å². The summed E-state index contributed by atoms with van der Waals surface area (Å²) in [7, 11) is -3.62. The summed E-state index contributed by atoms with van der Waals surface area (Å²) in [6.45, 7) is 3.57. The Morgan fingerprint density at radius 3 is 2.46 bits per heavy atom. The molecule has 1 aromatic carbocycles. The van der Waals surface area contributed by atoms with Crippen molar-refractivity contribution in [2.75, 3.05) is 17.8 Å². The van der Waals surface area contributed by atoms with Crippen molar-refractivity contribution >= 4 is 33.0 Å². The average Bonchev–Trinajstić information content (AvgIpc) is 3.20. The Hall–Kier alpha value is -1.86. The lowest BCUT2D eigenvalue weighted by Gasteiger charge is -2.14. The quantitative estimate of drug-likeness (QED) is 0.887. The molecule has 0 atom stereocenters. The molecule has 1 aromatic heterocycles. The van der Waals surface area contributed by atoms with Crippen LogP contribution in [0.25, 0.3) is 0 Å². The third-order valence-electron chi connectivity index (χ3n) is 3.99. The number of anilines is 1. The highest BCUT2D eigenvalue weighted by Gasteiger charge is 2.21. The number of rotatable bonds is 5. The van der Waals surface area contributed by atoms with Crippen LogP contribution >= 0.6 is 11.3 Å². The number of nitrogens with zero attached hydrogens (tertiary/aromatic N) is 1. The second-order valence-electron chi connectivity index (χ2n) is 5.96. The molecule has 2 aromatic rings. The van der Waals surface area contributed by atoms with Crippen LogP contribution < -0.4 is 4.72 Å². The number of amides is 1. The van der Waals surface area contributed by atoms with Crippen LogP contribution in [0.1, 0.15) is 23.3 Å². The molecule has 24 heavy (non-hydrogen) atoms. The molecule has 3 rings (SSSR count). The highest BCUT2D eigenvalue weighted by molar-refractivity contribution is 7.94. The molecule has 0 spiro atoms. The van der Waals surface area contributed by atoms with Gasteiger partial charge in [0.25, 0.3) is 10.0 Å². The van der Waals surface area contributed by atoms with Gasteiger partial charge >= 0.3 is 0 Å². The van der Waals surface area contributed by atoms with Gasteiger partial charge in [0, 0.05) is 23.7 Å². The zero-order valence-corrected chi connectivity index (χ0v) is 15.1. The van der Waals surface area contributed by atoms with Crippen molar-refractivity contribution in [1.29, 1.82) is 0 Å². The van der Waals surface area contributed by atoms with E-state index in [1.54, 1.807) is 24.3 Å². The first-order chi connectivity index (χ1) is 11.4. The maximum atomic E-state index is 12.4. The number of thiophene rings is 1. The SMILES string of the molecule is Cc1ccc(NS(=O)(=O)c2ccc(CC(=O)N3CCCC3)s2)cc1. The van der Waals surface area contributed by atoms with Gasteiger partial charge in [0.1, 0.15) is 4.21 Å². The van der Waals surface area contributed by atoms with Gasteiger partial charge in [0.2, 0.25) is 5.91 Å². The minimum Gasteiger partial charge on any atom is -0.342 e. The lowest BCUT2D eigenvalue weighted by atomic mass is 10.2. The van der Waals surface area contributed by atoms with Gasteiger partial charge in [-0.05, 0) is 44.0 Å². The first-order valence-electron chi connectivity index (χ1n) is 7.90. The van der Waals surface area contributed by atoms with Crippen molar-refractivity contribution in [2.45, 2.75) is 30.4 Å². The highest BCUT2D eigenvalue weighted by Crippen LogP contribution is 2.25. The van der Waals surface area contributed by atoms with E-state index in [0.29, 0.717) is 5.69 Å². The Balaban J connectivity index is 1.69. The van der Waals surface area contributed by atoms with Crippen LogP contribution in [0.2, 0.25) is 0 Å². The molecular formula is C17H20N2O3S2. The number of nitrogens with one attached hydrogen (secondary N) is 1. The fourth-order valence-electron chi connectivity index (χ4n) is 2.65. The molecule has 1 N–H and O–H groups in total. The fraction of sp³-hybridized carbons (Fsp3) is 0.353. The van der Waals surface area contributed by atoms with Crippen molar-refractivity contribution in [3.63, 3.8) is 0 Å². The van der Waals surface area contributed by atoms with E-state index >= 15 is 0 Å². The molecule has 0 radical (unpaired) electrons. The van der Waals surface area contributed by atoms with E-state index in [9.17, 15) is 13.2 Å². The van der Waals surface area contributed by atoms with Crippen molar-refractivity contribution in [3.8, 4) is 0 Å². The lowest BCUT2D eigenvalue weighted by Crippen LogP contribution is -2.28. The summed E-state index contributed by atoms with van der Waals surface area (Å²) in [6, 6.07) is 10.5. The summed E-state index contributed by atoms with van der Waals surface area (Å²) >= 11 is 1.15. The Bertz CT molecular complexity index is 820. The second kappa shape index (κ2) is 6.94. The van der Waals surface area contributed by atoms with Crippen LogP contribution in [-0.2, 0) is 21.2 Å². The molecule has 5 nitrogen and oxygen atoms in total. The van der Waals surface area contributed by atoms with Crippen molar-refractivity contribution in [1.82, 2.24) is 4.90 Å². The molecular weight excluding hydrogens is 344 g/mol. The van der Waals surface area contributed by atoms with Gasteiger partial charge in [0.15, 0.2) is 0 Å². The molecule has 1 aliphatic rings. The third-order valence-corrected chi connectivity index (χ3v) is 6.95. The molecule has 2 heterocycles. The Morgan fingerprint density at radius 1 is 1.12 bits per heavy atom. The van der Waals surface area contributed by atoms with Gasteiger partial charge in [-0.2, -0.15) is 0 Å². The Labute approximate surface area is 146 Å². The Morgan fingerprint density at radius 2 is 1.79 bits per heavy atom. The molecule has 1 saturated heterocycles. The number of hydrogen-bond acceptors (Lipinski definition) is 4. The van der Waals surface area contributed by atoms with Crippen LogP contribution in [0.5, 0.6) is 0 Å². The maximum absolute atomic E-state index is 12.4. The summed E-state index contributed by atoms with van der Waals surface area (Å²) < 4.78 is 27.7. The normalized spacial score (nSPS) is 14.8. The van der Waals surface area contributed by atoms with E-state index in [-0.39, 0.29) is 16.5 Å². The molecule has 1 amide bonds. The minimum atomic E-state index is -3.62. The molecule has 1 aliphatic heterocycles. The molecule has 0 unspecified atom stereocenters. The van der Waals surface area contributed by atoms with Crippen LogP contribution in [0.15, 0.2) is 40.6 Å². The number of aryl methyl sites for hydroxylation is 1. The number of hydrogen-bond donors (Lipinski definition) is 1. The zero-order valence-electron chi connectivity index (χ0n) is 13.5. The number of carbonyl (C=O) groups is 1. The summed E-state index contributed by atoms with van der Waals surface area (Å²) in [5.41, 5.74) is 1.60. The van der Waals surface area contributed by atoms with Gasteiger partial charge < -0.3 is 4.90 Å². The molecule has 1 fully saturated rings. The summed E-state index contributed by atoms with van der Waals surface area (Å²) in [5, 5.41) is 0. The zero-order chi connectivity index (χ0) is 17.2. The molecule has 0 aliphatic carbocycles. The van der Waals surface area contributed by atoms with Crippen molar-refractivity contribution in [3.05, 3.63) is 46.8 Å². The predicted octanol–water partition coefficient (Wildman–Crippen LogP) is 3.02. The fourth-order valence-corrected chi connectivity index (χ4v) is 5.06. The standard InChI is InChI=1S/C17H20N2O3S2/c1-13-4-6-14(7-5-13)18-24(21,22)17-9-8-15(23-17)12-16(20)19-10-2-3-11-19/h4-9,18H,2-3,10-12H2,1H3. The first-order valence-corrected chi connectivity index (χ1v) is 10.2. The van der Waals surface area contributed by atoms with Crippen molar-refractivity contribution < 1.29 is 13.2 Å². The van der Waals surface area contributed by atoms with Gasteiger partial charge in [-0.25, -0.2) is 8.42 Å². The number of sulfonamides is 1. The molecule has 7 heteroatoms. The monoisotopic (exact) mass is 364 g/mol. The van der Waals surface area contributed by atoms with E-state index in [1.807, 2.05) is 24.0 Å². The van der Waals surface area contributed by atoms with Gasteiger partial charge in [0.05, 0.1) is 6.42 Å². The lowest BCUT2D eigenvalue weighted by molar-refractivity contribution is -0.129. The predicted molar refractivity (Wildman–Crippen MR) is 95.8 cm³/mol. The smallest absolute Gasteiger partial charge is 0.271 e. The topological polar surface area (TPSA) is 66.5 Å². The number of benzene rings is 1. The van der Waals surface area contributed by atoms with Crippen LogP contribution in [0, 0.1) is 6.92 Å². The molecule has 0 saturated carbocycles. The van der Waals surface area contributed by atoms with Crippen LogP contribution in [-0.4, -0.2) is 32.3 Å². The molecule has 0 bridgehead atoms. The first kappa shape index (κ1) is 17.0. The van der Waals surface area contributed by atoms with E-state index < -0.39 is 10.0 Å². The number of likely N-dealkylation sites (tertiary alicyclic amines) is 1. The summed E-state index contributed by atoms with van der Waals surface area (Å²) in [4.78, 5) is 14.8. The number of carbonyl (C=O) groups excluding carboxylic acids is 1. The Kier molecular flexibility index (Phi) is 4.91.